The first-order valence-corrected chi connectivity index (χ1v) is 9.72. The Morgan fingerprint density at radius 3 is 2.27 bits per heavy atom. The number of hydrogen-bond donors (Lipinski definition) is 1. The van der Waals surface area contributed by atoms with Gasteiger partial charge in [-0.1, -0.05) is 0 Å². The SMILES string of the molecule is COc1cc(NC(=O)c2sc(COc3ccc(F)cc3)nc2C)cc(OC)c1OC. The minimum absolute atomic E-state index is 0.175. The molecule has 0 aliphatic heterocycles. The lowest BCUT2D eigenvalue weighted by molar-refractivity contribution is 0.103. The maximum atomic E-state index is 13.0. The number of carbonyl (C=O) groups is 1. The third-order valence-corrected chi connectivity index (χ3v) is 5.28. The van der Waals surface area contributed by atoms with E-state index in [0.717, 1.165) is 0 Å². The monoisotopic (exact) mass is 432 g/mol. The largest absolute Gasteiger partial charge is 0.493 e. The van der Waals surface area contributed by atoms with Crippen molar-refractivity contribution in [3.8, 4) is 23.0 Å². The molecular weight excluding hydrogens is 411 g/mol. The van der Waals surface area contributed by atoms with E-state index in [1.807, 2.05) is 0 Å². The number of benzene rings is 2. The van der Waals surface area contributed by atoms with Crippen LogP contribution in [0.15, 0.2) is 36.4 Å². The number of anilines is 1. The number of rotatable bonds is 8. The molecule has 158 valence electrons. The number of amides is 1. The van der Waals surface area contributed by atoms with Gasteiger partial charge in [0.1, 0.15) is 28.1 Å². The average molecular weight is 432 g/mol. The molecule has 0 aliphatic rings. The molecule has 9 heteroatoms. The summed E-state index contributed by atoms with van der Waals surface area (Å²) in [7, 11) is 4.52. The molecule has 7 nitrogen and oxygen atoms in total. The zero-order valence-electron chi connectivity index (χ0n) is 16.9. The first-order chi connectivity index (χ1) is 14.4. The first kappa shape index (κ1) is 21.4. The van der Waals surface area contributed by atoms with Crippen molar-refractivity contribution in [2.45, 2.75) is 13.5 Å². The Kier molecular flexibility index (Phi) is 6.73. The van der Waals surface area contributed by atoms with Gasteiger partial charge < -0.3 is 24.3 Å². The van der Waals surface area contributed by atoms with E-state index in [9.17, 15) is 9.18 Å². The zero-order chi connectivity index (χ0) is 21.7. The Morgan fingerprint density at radius 1 is 1.07 bits per heavy atom. The smallest absolute Gasteiger partial charge is 0.267 e. The van der Waals surface area contributed by atoms with E-state index in [0.29, 0.717) is 44.3 Å². The number of aryl methyl sites for hydroxylation is 1. The first-order valence-electron chi connectivity index (χ1n) is 8.91. The van der Waals surface area contributed by atoms with Crippen LogP contribution in [0, 0.1) is 12.7 Å². The molecule has 1 amide bonds. The molecule has 3 rings (SSSR count). The van der Waals surface area contributed by atoms with Gasteiger partial charge in [-0.15, -0.1) is 11.3 Å². The number of nitrogens with one attached hydrogen (secondary N) is 1. The molecule has 1 heterocycles. The van der Waals surface area contributed by atoms with Gasteiger partial charge in [-0.05, 0) is 31.2 Å². The van der Waals surface area contributed by atoms with Crippen LogP contribution in [-0.4, -0.2) is 32.2 Å². The highest BCUT2D eigenvalue weighted by Gasteiger charge is 2.19. The van der Waals surface area contributed by atoms with Gasteiger partial charge >= 0.3 is 0 Å². The fourth-order valence-corrected chi connectivity index (χ4v) is 3.61. The highest BCUT2D eigenvalue weighted by molar-refractivity contribution is 7.13. The van der Waals surface area contributed by atoms with E-state index in [2.05, 4.69) is 10.3 Å². The lowest BCUT2D eigenvalue weighted by atomic mass is 10.2. The van der Waals surface area contributed by atoms with Crippen LogP contribution in [0.5, 0.6) is 23.0 Å². The van der Waals surface area contributed by atoms with Gasteiger partial charge in [0.2, 0.25) is 5.75 Å². The molecule has 0 bridgehead atoms. The second kappa shape index (κ2) is 9.45. The van der Waals surface area contributed by atoms with Crippen molar-refractivity contribution < 1.29 is 28.1 Å². The molecule has 0 atom stereocenters. The maximum absolute atomic E-state index is 13.0. The van der Waals surface area contributed by atoms with Crippen LogP contribution >= 0.6 is 11.3 Å². The van der Waals surface area contributed by atoms with Crippen molar-refractivity contribution in [1.82, 2.24) is 4.98 Å². The number of halogens is 1. The summed E-state index contributed by atoms with van der Waals surface area (Å²) in [6.07, 6.45) is 0. The Bertz CT molecular complexity index is 1010. The highest BCUT2D eigenvalue weighted by atomic mass is 32.1. The minimum atomic E-state index is -0.335. The molecule has 0 spiro atoms. The van der Waals surface area contributed by atoms with Crippen LogP contribution in [0.1, 0.15) is 20.4 Å². The predicted octanol–water partition coefficient (Wildman–Crippen LogP) is 4.45. The number of methoxy groups -OCH3 is 3. The van der Waals surface area contributed by atoms with E-state index in [1.54, 1.807) is 19.1 Å². The van der Waals surface area contributed by atoms with Crippen molar-refractivity contribution in [1.29, 1.82) is 0 Å². The second-order valence-electron chi connectivity index (χ2n) is 6.13. The third kappa shape index (κ3) is 4.80. The summed E-state index contributed by atoms with van der Waals surface area (Å²) < 4.78 is 34.5. The van der Waals surface area contributed by atoms with Gasteiger partial charge in [0.25, 0.3) is 5.91 Å². The molecule has 3 aromatic rings. The second-order valence-corrected chi connectivity index (χ2v) is 7.22. The Balaban J connectivity index is 1.73. The fourth-order valence-electron chi connectivity index (χ4n) is 2.74. The average Bonchev–Trinajstić information content (AvgIpc) is 3.13. The topological polar surface area (TPSA) is 78.9 Å². The maximum Gasteiger partial charge on any atom is 0.267 e. The molecule has 0 saturated heterocycles. The quantitative estimate of drug-likeness (QED) is 0.567. The van der Waals surface area contributed by atoms with E-state index < -0.39 is 0 Å². The number of nitrogens with zero attached hydrogens (tertiary/aromatic N) is 1. The lowest BCUT2D eigenvalue weighted by Gasteiger charge is -2.14. The van der Waals surface area contributed by atoms with Crippen LogP contribution in [-0.2, 0) is 6.61 Å². The third-order valence-electron chi connectivity index (χ3n) is 4.15. The summed E-state index contributed by atoms with van der Waals surface area (Å²) in [5.74, 6) is 1.17. The molecule has 1 N–H and O–H groups in total. The molecule has 0 unspecified atom stereocenters. The summed E-state index contributed by atoms with van der Waals surface area (Å²) in [4.78, 5) is 17.6. The minimum Gasteiger partial charge on any atom is -0.493 e. The molecule has 30 heavy (non-hydrogen) atoms. The predicted molar refractivity (Wildman–Crippen MR) is 112 cm³/mol. The summed E-state index contributed by atoms with van der Waals surface area (Å²) >= 11 is 1.23. The Labute approximate surface area is 177 Å². The Hall–Kier alpha value is -3.33. The molecule has 0 aliphatic carbocycles. The lowest BCUT2D eigenvalue weighted by Crippen LogP contribution is -2.12. The summed E-state index contributed by atoms with van der Waals surface area (Å²) in [5.41, 5.74) is 1.08. The van der Waals surface area contributed by atoms with Gasteiger partial charge in [-0.25, -0.2) is 9.37 Å². The van der Waals surface area contributed by atoms with E-state index in [4.69, 9.17) is 18.9 Å². The standard InChI is InChI=1S/C21H21FN2O5S/c1-12-20(30-18(23-12)11-29-15-7-5-13(22)6-8-15)21(25)24-14-9-16(26-2)19(28-4)17(10-14)27-3/h5-10H,11H2,1-4H3,(H,24,25). The highest BCUT2D eigenvalue weighted by Crippen LogP contribution is 2.40. The molecule has 1 aromatic heterocycles. The van der Waals surface area contributed by atoms with Gasteiger partial charge in [-0.3, -0.25) is 4.79 Å². The van der Waals surface area contributed by atoms with Gasteiger partial charge in [0.05, 0.1) is 27.0 Å². The van der Waals surface area contributed by atoms with Crippen LogP contribution in [0.4, 0.5) is 10.1 Å². The number of hydrogen-bond acceptors (Lipinski definition) is 7. The number of ether oxygens (including phenoxy) is 4. The van der Waals surface area contributed by atoms with Crippen molar-refractivity contribution in [3.05, 3.63) is 57.8 Å². The molecule has 2 aromatic carbocycles. The van der Waals surface area contributed by atoms with Crippen molar-refractivity contribution in [3.63, 3.8) is 0 Å². The van der Waals surface area contributed by atoms with Gasteiger partial charge in [0, 0.05) is 17.8 Å². The summed E-state index contributed by atoms with van der Waals surface area (Å²) in [6, 6.07) is 9.00. The summed E-state index contributed by atoms with van der Waals surface area (Å²) in [5, 5.41) is 3.46. The normalized spacial score (nSPS) is 10.4. The van der Waals surface area contributed by atoms with E-state index in [-0.39, 0.29) is 18.3 Å². The van der Waals surface area contributed by atoms with Crippen molar-refractivity contribution in [2.75, 3.05) is 26.6 Å². The van der Waals surface area contributed by atoms with Crippen molar-refractivity contribution >= 4 is 22.9 Å². The number of aromatic nitrogens is 1. The molecule has 0 radical (unpaired) electrons. The zero-order valence-corrected chi connectivity index (χ0v) is 17.8. The van der Waals surface area contributed by atoms with E-state index in [1.165, 1.54) is 56.9 Å². The molecular formula is C21H21FN2O5S. The van der Waals surface area contributed by atoms with Gasteiger partial charge in [-0.2, -0.15) is 0 Å². The van der Waals surface area contributed by atoms with Crippen LogP contribution < -0.4 is 24.3 Å². The molecule has 0 saturated carbocycles. The number of carbonyl (C=O) groups excluding carboxylic acids is 1. The van der Waals surface area contributed by atoms with Crippen LogP contribution in [0.3, 0.4) is 0 Å². The van der Waals surface area contributed by atoms with Crippen LogP contribution in [0.2, 0.25) is 0 Å². The van der Waals surface area contributed by atoms with Gasteiger partial charge in [0.15, 0.2) is 11.5 Å². The molecule has 0 fully saturated rings. The van der Waals surface area contributed by atoms with Crippen LogP contribution in [0.25, 0.3) is 0 Å². The summed E-state index contributed by atoms with van der Waals surface area (Å²) in [6.45, 7) is 1.93. The number of thiazole rings is 1. The fraction of sp³-hybridized carbons (Fsp3) is 0.238. The Morgan fingerprint density at radius 2 is 1.70 bits per heavy atom. The van der Waals surface area contributed by atoms with Crippen molar-refractivity contribution in [2.24, 2.45) is 0 Å². The van der Waals surface area contributed by atoms with E-state index >= 15 is 0 Å².